The van der Waals surface area contributed by atoms with E-state index in [4.69, 9.17) is 4.74 Å². The van der Waals surface area contributed by atoms with Crippen LogP contribution in [0, 0.1) is 3.57 Å². The van der Waals surface area contributed by atoms with Gasteiger partial charge < -0.3 is 9.84 Å². The SMILES string of the molecule is CC(C)(O)COc1cccc(I)c1. The number of hydrogen-bond donors (Lipinski definition) is 1. The van der Waals surface area contributed by atoms with E-state index >= 15 is 0 Å². The molecule has 1 aromatic rings. The molecule has 0 aromatic heterocycles. The first-order chi connectivity index (χ1) is 5.97. The highest BCUT2D eigenvalue weighted by molar-refractivity contribution is 14.1. The first kappa shape index (κ1) is 10.8. The summed E-state index contributed by atoms with van der Waals surface area (Å²) < 4.78 is 6.53. The van der Waals surface area contributed by atoms with E-state index in [1.807, 2.05) is 24.3 Å². The van der Waals surface area contributed by atoms with E-state index in [0.717, 1.165) is 9.32 Å². The Bertz CT molecular complexity index is 278. The molecule has 3 heteroatoms. The maximum atomic E-state index is 9.42. The van der Waals surface area contributed by atoms with Gasteiger partial charge in [-0.15, -0.1) is 0 Å². The molecule has 0 saturated carbocycles. The number of hydrogen-bond acceptors (Lipinski definition) is 2. The zero-order chi connectivity index (χ0) is 9.90. The van der Waals surface area contributed by atoms with Crippen molar-refractivity contribution in [1.82, 2.24) is 0 Å². The normalized spacial score (nSPS) is 11.4. The van der Waals surface area contributed by atoms with Gasteiger partial charge in [0.05, 0.1) is 5.60 Å². The van der Waals surface area contributed by atoms with Crippen LogP contribution in [0.3, 0.4) is 0 Å². The summed E-state index contributed by atoms with van der Waals surface area (Å²) in [5, 5.41) is 9.42. The maximum Gasteiger partial charge on any atom is 0.120 e. The Labute approximate surface area is 92.1 Å². The molecular weight excluding hydrogens is 279 g/mol. The Hall–Kier alpha value is -0.290. The van der Waals surface area contributed by atoms with Crippen LogP contribution in [0.5, 0.6) is 5.75 Å². The minimum atomic E-state index is -0.777. The average Bonchev–Trinajstić information content (AvgIpc) is 2.00. The van der Waals surface area contributed by atoms with Crippen LogP contribution in [0.4, 0.5) is 0 Å². The first-order valence-electron chi connectivity index (χ1n) is 4.08. The van der Waals surface area contributed by atoms with E-state index in [1.54, 1.807) is 13.8 Å². The molecule has 0 aliphatic rings. The van der Waals surface area contributed by atoms with Crippen LogP contribution in [0.2, 0.25) is 0 Å². The Balaban J connectivity index is 2.55. The van der Waals surface area contributed by atoms with Gasteiger partial charge in [-0.3, -0.25) is 0 Å². The highest BCUT2D eigenvalue weighted by Crippen LogP contribution is 2.16. The molecule has 0 amide bonds. The van der Waals surface area contributed by atoms with Crippen molar-refractivity contribution in [3.63, 3.8) is 0 Å². The average molecular weight is 292 g/mol. The van der Waals surface area contributed by atoms with E-state index < -0.39 is 5.60 Å². The van der Waals surface area contributed by atoms with Crippen molar-refractivity contribution in [2.24, 2.45) is 0 Å². The molecule has 0 aliphatic carbocycles. The number of rotatable bonds is 3. The summed E-state index contributed by atoms with van der Waals surface area (Å²) in [6.07, 6.45) is 0. The van der Waals surface area contributed by atoms with Crippen LogP contribution in [0.25, 0.3) is 0 Å². The summed E-state index contributed by atoms with van der Waals surface area (Å²) in [6, 6.07) is 7.75. The number of benzene rings is 1. The zero-order valence-corrected chi connectivity index (χ0v) is 9.91. The first-order valence-corrected chi connectivity index (χ1v) is 5.16. The van der Waals surface area contributed by atoms with Crippen molar-refractivity contribution in [2.75, 3.05) is 6.61 Å². The predicted molar refractivity (Wildman–Crippen MR) is 61.0 cm³/mol. The van der Waals surface area contributed by atoms with Crippen LogP contribution in [-0.4, -0.2) is 17.3 Å². The summed E-state index contributed by atoms with van der Waals surface area (Å²) >= 11 is 2.22. The molecule has 0 aliphatic heterocycles. The Kier molecular flexibility index (Phi) is 3.55. The lowest BCUT2D eigenvalue weighted by atomic mass is 10.2. The molecule has 1 N–H and O–H groups in total. The molecule has 1 aromatic carbocycles. The monoisotopic (exact) mass is 292 g/mol. The van der Waals surface area contributed by atoms with Gasteiger partial charge in [-0.25, -0.2) is 0 Å². The van der Waals surface area contributed by atoms with Gasteiger partial charge in [-0.05, 0) is 54.6 Å². The molecule has 0 saturated heterocycles. The van der Waals surface area contributed by atoms with Crippen LogP contribution in [-0.2, 0) is 0 Å². The van der Waals surface area contributed by atoms with Gasteiger partial charge in [-0.1, -0.05) is 6.07 Å². The Morgan fingerprint density at radius 1 is 1.46 bits per heavy atom. The lowest BCUT2D eigenvalue weighted by Gasteiger charge is -2.17. The highest BCUT2D eigenvalue weighted by atomic mass is 127. The minimum absolute atomic E-state index is 0.313. The summed E-state index contributed by atoms with van der Waals surface area (Å²) in [5.74, 6) is 0.800. The fourth-order valence-corrected chi connectivity index (χ4v) is 1.33. The van der Waals surface area contributed by atoms with E-state index in [2.05, 4.69) is 22.6 Å². The van der Waals surface area contributed by atoms with E-state index in [9.17, 15) is 5.11 Å². The van der Waals surface area contributed by atoms with Gasteiger partial charge in [-0.2, -0.15) is 0 Å². The third-order valence-corrected chi connectivity index (χ3v) is 2.06. The number of ether oxygens (including phenoxy) is 1. The van der Waals surface area contributed by atoms with Crippen molar-refractivity contribution in [2.45, 2.75) is 19.4 Å². The zero-order valence-electron chi connectivity index (χ0n) is 7.75. The highest BCUT2D eigenvalue weighted by Gasteiger charge is 2.12. The molecule has 72 valence electrons. The molecule has 0 unspecified atom stereocenters. The molecule has 0 heterocycles. The van der Waals surface area contributed by atoms with Gasteiger partial charge in [0.1, 0.15) is 12.4 Å². The largest absolute Gasteiger partial charge is 0.491 e. The van der Waals surface area contributed by atoms with E-state index in [-0.39, 0.29) is 0 Å². The predicted octanol–water partition coefficient (Wildman–Crippen LogP) is 2.44. The third kappa shape index (κ3) is 4.47. The molecule has 0 radical (unpaired) electrons. The third-order valence-electron chi connectivity index (χ3n) is 1.39. The van der Waals surface area contributed by atoms with E-state index in [1.165, 1.54) is 0 Å². The number of aliphatic hydroxyl groups is 1. The minimum Gasteiger partial charge on any atom is -0.491 e. The lowest BCUT2D eigenvalue weighted by molar-refractivity contribution is 0.0284. The van der Waals surface area contributed by atoms with Crippen LogP contribution < -0.4 is 4.74 Å². The van der Waals surface area contributed by atoms with Gasteiger partial charge in [0, 0.05) is 3.57 Å². The van der Waals surface area contributed by atoms with Crippen molar-refractivity contribution in [3.8, 4) is 5.75 Å². The molecule has 1 rings (SSSR count). The van der Waals surface area contributed by atoms with Crippen LogP contribution >= 0.6 is 22.6 Å². The quantitative estimate of drug-likeness (QED) is 0.867. The van der Waals surface area contributed by atoms with Gasteiger partial charge in [0.15, 0.2) is 0 Å². The smallest absolute Gasteiger partial charge is 0.120 e. The second-order valence-corrected chi connectivity index (χ2v) is 4.80. The maximum absolute atomic E-state index is 9.42. The second kappa shape index (κ2) is 4.28. The lowest BCUT2D eigenvalue weighted by Crippen LogP contribution is -2.27. The fourth-order valence-electron chi connectivity index (χ4n) is 0.817. The van der Waals surface area contributed by atoms with Crippen LogP contribution in [0.15, 0.2) is 24.3 Å². The molecule has 0 bridgehead atoms. The second-order valence-electron chi connectivity index (χ2n) is 3.56. The summed E-state index contributed by atoms with van der Waals surface area (Å²) in [6.45, 7) is 3.76. The molecule has 0 atom stereocenters. The van der Waals surface area contributed by atoms with Gasteiger partial charge >= 0.3 is 0 Å². The standard InChI is InChI=1S/C10H13IO2/c1-10(2,12)7-13-9-5-3-4-8(11)6-9/h3-6,12H,7H2,1-2H3. The van der Waals surface area contributed by atoms with E-state index in [0.29, 0.717) is 6.61 Å². The fraction of sp³-hybridized carbons (Fsp3) is 0.400. The topological polar surface area (TPSA) is 29.5 Å². The molecule has 0 fully saturated rings. The van der Waals surface area contributed by atoms with Crippen molar-refractivity contribution in [3.05, 3.63) is 27.8 Å². The summed E-state index contributed by atoms with van der Waals surface area (Å²) in [7, 11) is 0. The Morgan fingerprint density at radius 2 is 2.15 bits per heavy atom. The van der Waals surface area contributed by atoms with Gasteiger partial charge in [0.25, 0.3) is 0 Å². The van der Waals surface area contributed by atoms with Crippen molar-refractivity contribution < 1.29 is 9.84 Å². The van der Waals surface area contributed by atoms with Crippen LogP contribution in [0.1, 0.15) is 13.8 Å². The number of halogens is 1. The van der Waals surface area contributed by atoms with Crippen molar-refractivity contribution in [1.29, 1.82) is 0 Å². The molecule has 2 nitrogen and oxygen atoms in total. The molecule has 0 spiro atoms. The van der Waals surface area contributed by atoms with Gasteiger partial charge in [0.2, 0.25) is 0 Å². The Morgan fingerprint density at radius 3 is 2.69 bits per heavy atom. The van der Waals surface area contributed by atoms with Crippen molar-refractivity contribution >= 4 is 22.6 Å². The summed E-state index contributed by atoms with van der Waals surface area (Å²) in [5.41, 5.74) is -0.777. The molecular formula is C10H13IO2. The molecule has 13 heavy (non-hydrogen) atoms. The summed E-state index contributed by atoms with van der Waals surface area (Å²) in [4.78, 5) is 0.